The zero-order chi connectivity index (χ0) is 18.5. The lowest BCUT2D eigenvalue weighted by Gasteiger charge is -2.30. The molecule has 2 amide bonds. The highest BCUT2D eigenvalue weighted by Crippen LogP contribution is 2.31. The zero-order valence-corrected chi connectivity index (χ0v) is 16.9. The first-order valence-corrected chi connectivity index (χ1v) is 10.9. The fourth-order valence-corrected chi connectivity index (χ4v) is 4.74. The van der Waals surface area contributed by atoms with E-state index in [0.29, 0.717) is 12.5 Å². The van der Waals surface area contributed by atoms with Gasteiger partial charge in [0.15, 0.2) is 0 Å². The molecule has 0 bridgehead atoms. The highest BCUT2D eigenvalue weighted by atomic mass is 32.1. The monoisotopic (exact) mass is 391 g/mol. The summed E-state index contributed by atoms with van der Waals surface area (Å²) in [5, 5.41) is 8.14. The number of hydrogen-bond donors (Lipinski definition) is 1. The number of thiophene rings is 1. The molecule has 1 saturated heterocycles. The molecular weight excluding hydrogens is 366 g/mol. The van der Waals surface area contributed by atoms with E-state index in [2.05, 4.69) is 10.7 Å². The predicted molar refractivity (Wildman–Crippen MR) is 106 cm³/mol. The highest BCUT2D eigenvalue weighted by Gasteiger charge is 2.26. The van der Waals surface area contributed by atoms with Crippen molar-refractivity contribution in [3.63, 3.8) is 0 Å². The quantitative estimate of drug-likeness (QED) is 0.819. The lowest BCUT2D eigenvalue weighted by molar-refractivity contribution is -0.123. The molecule has 1 aliphatic rings. The first-order chi connectivity index (χ1) is 12.5. The molecule has 0 atom stereocenters. The summed E-state index contributed by atoms with van der Waals surface area (Å²) in [5.41, 5.74) is 1.05. The van der Waals surface area contributed by atoms with E-state index in [1.807, 2.05) is 36.3 Å². The summed E-state index contributed by atoms with van der Waals surface area (Å²) < 4.78 is 0. The number of nitrogens with one attached hydrogen (secondary N) is 1. The van der Waals surface area contributed by atoms with Gasteiger partial charge in [-0.2, -0.15) is 0 Å². The lowest BCUT2D eigenvalue weighted by atomic mass is 9.97. The molecule has 5 nitrogen and oxygen atoms in total. The maximum Gasteiger partial charge on any atom is 0.263 e. The molecule has 140 valence electrons. The average molecular weight is 392 g/mol. The summed E-state index contributed by atoms with van der Waals surface area (Å²) in [4.78, 5) is 31.6. The predicted octanol–water partition coefficient (Wildman–Crippen LogP) is 3.54. The van der Waals surface area contributed by atoms with Gasteiger partial charge >= 0.3 is 0 Å². The van der Waals surface area contributed by atoms with E-state index >= 15 is 0 Å². The number of likely N-dealkylation sites (tertiary alicyclic amines) is 1. The Morgan fingerprint density at radius 2 is 2.08 bits per heavy atom. The molecule has 0 aromatic carbocycles. The third-order valence-electron chi connectivity index (χ3n) is 4.64. The van der Waals surface area contributed by atoms with E-state index in [9.17, 15) is 9.59 Å². The van der Waals surface area contributed by atoms with Crippen LogP contribution in [-0.2, 0) is 11.2 Å². The molecule has 2 aromatic rings. The molecule has 0 saturated carbocycles. The van der Waals surface area contributed by atoms with Crippen molar-refractivity contribution in [1.29, 1.82) is 0 Å². The number of piperidine rings is 1. The van der Waals surface area contributed by atoms with E-state index in [1.54, 1.807) is 11.3 Å². The van der Waals surface area contributed by atoms with Crippen molar-refractivity contribution in [3.8, 4) is 0 Å². The number of aromatic nitrogens is 1. The number of nitrogens with zero attached hydrogens (tertiary/aromatic N) is 2. The van der Waals surface area contributed by atoms with Gasteiger partial charge in [-0.1, -0.05) is 19.9 Å². The molecule has 26 heavy (non-hydrogen) atoms. The first-order valence-electron chi connectivity index (χ1n) is 9.09. The molecule has 3 heterocycles. The van der Waals surface area contributed by atoms with Gasteiger partial charge in [0, 0.05) is 43.3 Å². The van der Waals surface area contributed by atoms with Crippen LogP contribution < -0.4 is 5.32 Å². The van der Waals surface area contributed by atoms with Crippen LogP contribution in [0.5, 0.6) is 0 Å². The third kappa shape index (κ3) is 4.71. The Balaban J connectivity index is 1.47. The molecule has 1 fully saturated rings. The number of rotatable bonds is 6. The van der Waals surface area contributed by atoms with Gasteiger partial charge in [-0.05, 0) is 24.3 Å². The normalized spacial score (nSPS) is 15.4. The third-order valence-corrected chi connectivity index (χ3v) is 6.55. The second-order valence-corrected chi connectivity index (χ2v) is 8.75. The summed E-state index contributed by atoms with van der Waals surface area (Å²) in [6.07, 6.45) is 2.70. The van der Waals surface area contributed by atoms with Crippen molar-refractivity contribution in [2.45, 2.75) is 39.0 Å². The number of thiazole rings is 1. The van der Waals surface area contributed by atoms with Crippen molar-refractivity contribution in [3.05, 3.63) is 38.5 Å². The Morgan fingerprint density at radius 3 is 2.73 bits per heavy atom. The van der Waals surface area contributed by atoms with Gasteiger partial charge in [-0.3, -0.25) is 9.59 Å². The number of hydrogen-bond acceptors (Lipinski definition) is 5. The van der Waals surface area contributed by atoms with Gasteiger partial charge in [0.1, 0.15) is 0 Å². The Kier molecular flexibility index (Phi) is 6.43. The molecule has 0 spiro atoms. The summed E-state index contributed by atoms with van der Waals surface area (Å²) in [7, 11) is 0. The smallest absolute Gasteiger partial charge is 0.263 e. The van der Waals surface area contributed by atoms with E-state index in [1.165, 1.54) is 16.3 Å². The average Bonchev–Trinajstić information content (AvgIpc) is 3.33. The Hall–Kier alpha value is -1.73. The number of carbonyl (C=O) groups is 2. The second kappa shape index (κ2) is 8.77. The number of carbonyl (C=O) groups excluding carboxylic acids is 2. The van der Waals surface area contributed by atoms with Crippen molar-refractivity contribution >= 4 is 34.5 Å². The highest BCUT2D eigenvalue weighted by molar-refractivity contribution is 7.12. The van der Waals surface area contributed by atoms with Gasteiger partial charge in [0.2, 0.25) is 5.91 Å². The minimum Gasteiger partial charge on any atom is -0.355 e. The van der Waals surface area contributed by atoms with E-state index in [0.717, 1.165) is 42.9 Å². The standard InChI is InChI=1S/C19H25N3O2S2/c1-13(2)17(23)20-8-5-15-12-26-18(21-15)14-6-9-22(10-7-14)19(24)16-4-3-11-25-16/h3-4,11-14H,5-10H2,1-2H3,(H,20,23). The molecule has 0 aliphatic carbocycles. The summed E-state index contributed by atoms with van der Waals surface area (Å²) >= 11 is 3.21. The van der Waals surface area contributed by atoms with Crippen LogP contribution in [0.4, 0.5) is 0 Å². The summed E-state index contributed by atoms with van der Waals surface area (Å²) in [5.74, 6) is 0.692. The van der Waals surface area contributed by atoms with E-state index in [4.69, 9.17) is 4.98 Å². The first kappa shape index (κ1) is 19.0. The molecule has 0 radical (unpaired) electrons. The minimum absolute atomic E-state index is 0.0167. The van der Waals surface area contributed by atoms with Crippen molar-refractivity contribution in [2.75, 3.05) is 19.6 Å². The molecule has 2 aromatic heterocycles. The summed E-state index contributed by atoms with van der Waals surface area (Å²) in [6, 6.07) is 3.82. The zero-order valence-electron chi connectivity index (χ0n) is 15.2. The maximum absolute atomic E-state index is 12.4. The molecule has 1 N–H and O–H groups in total. The second-order valence-electron chi connectivity index (χ2n) is 6.92. The van der Waals surface area contributed by atoms with E-state index < -0.39 is 0 Å². The van der Waals surface area contributed by atoms with Gasteiger partial charge in [0.25, 0.3) is 5.91 Å². The van der Waals surface area contributed by atoms with Crippen molar-refractivity contribution < 1.29 is 9.59 Å². The maximum atomic E-state index is 12.4. The van der Waals surface area contributed by atoms with E-state index in [-0.39, 0.29) is 17.7 Å². The van der Waals surface area contributed by atoms with Crippen LogP contribution in [0.1, 0.15) is 53.0 Å². The van der Waals surface area contributed by atoms with Crippen LogP contribution in [0.15, 0.2) is 22.9 Å². The Morgan fingerprint density at radius 1 is 1.31 bits per heavy atom. The summed E-state index contributed by atoms with van der Waals surface area (Å²) in [6.45, 7) is 6.01. The van der Waals surface area contributed by atoms with Crippen LogP contribution >= 0.6 is 22.7 Å². The topological polar surface area (TPSA) is 62.3 Å². The number of amides is 2. The minimum atomic E-state index is 0.0167. The van der Waals surface area contributed by atoms with Crippen molar-refractivity contribution in [2.24, 2.45) is 5.92 Å². The van der Waals surface area contributed by atoms with Crippen LogP contribution in [0.3, 0.4) is 0 Å². The van der Waals surface area contributed by atoms with Crippen LogP contribution in [-0.4, -0.2) is 41.3 Å². The molecule has 0 unspecified atom stereocenters. The fourth-order valence-electron chi connectivity index (χ4n) is 3.03. The fraction of sp³-hybridized carbons (Fsp3) is 0.526. The Bertz CT molecular complexity index is 732. The van der Waals surface area contributed by atoms with Gasteiger partial charge in [-0.15, -0.1) is 22.7 Å². The van der Waals surface area contributed by atoms with Gasteiger partial charge < -0.3 is 10.2 Å². The molecular formula is C19H25N3O2S2. The van der Waals surface area contributed by atoms with Gasteiger partial charge in [-0.25, -0.2) is 4.98 Å². The van der Waals surface area contributed by atoms with Crippen molar-refractivity contribution in [1.82, 2.24) is 15.2 Å². The van der Waals surface area contributed by atoms with Crippen LogP contribution in [0.2, 0.25) is 0 Å². The van der Waals surface area contributed by atoms with Crippen LogP contribution in [0, 0.1) is 5.92 Å². The molecule has 1 aliphatic heterocycles. The molecule has 3 rings (SSSR count). The Labute approximate surface area is 162 Å². The molecule has 7 heteroatoms. The largest absolute Gasteiger partial charge is 0.355 e. The van der Waals surface area contributed by atoms with Gasteiger partial charge in [0.05, 0.1) is 15.6 Å². The van der Waals surface area contributed by atoms with Crippen LogP contribution in [0.25, 0.3) is 0 Å². The SMILES string of the molecule is CC(C)C(=O)NCCc1csc(C2CCN(C(=O)c3cccs3)CC2)n1. The lowest BCUT2D eigenvalue weighted by Crippen LogP contribution is -2.37.